The minimum absolute atomic E-state index is 0.646. The monoisotopic (exact) mass is 170 g/mol. The summed E-state index contributed by atoms with van der Waals surface area (Å²) in [4.78, 5) is 2.59. The molecular formula is C10H22N2. The van der Waals surface area contributed by atoms with E-state index < -0.39 is 0 Å². The summed E-state index contributed by atoms with van der Waals surface area (Å²) in [5.74, 6) is 0. The van der Waals surface area contributed by atoms with Gasteiger partial charge in [-0.05, 0) is 32.7 Å². The van der Waals surface area contributed by atoms with Crippen LogP contribution in [0.4, 0.5) is 0 Å². The van der Waals surface area contributed by atoms with Gasteiger partial charge in [0.05, 0.1) is 0 Å². The van der Waals surface area contributed by atoms with Crippen LogP contribution in [0.5, 0.6) is 0 Å². The third kappa shape index (κ3) is 2.20. The molecule has 2 nitrogen and oxygen atoms in total. The second-order valence-corrected chi connectivity index (χ2v) is 3.91. The minimum Gasteiger partial charge on any atom is -0.329 e. The highest BCUT2D eigenvalue weighted by atomic mass is 15.2. The Morgan fingerprint density at radius 2 is 2.33 bits per heavy atom. The molecule has 0 aromatic heterocycles. The summed E-state index contributed by atoms with van der Waals surface area (Å²) in [7, 11) is 0. The van der Waals surface area contributed by atoms with Crippen LogP contribution in [0.3, 0.4) is 0 Å². The number of nitrogens with two attached hydrogens (primary N) is 1. The van der Waals surface area contributed by atoms with Crippen molar-refractivity contribution >= 4 is 0 Å². The van der Waals surface area contributed by atoms with Crippen molar-refractivity contribution in [3.8, 4) is 0 Å². The normalized spacial score (nSPS) is 27.8. The lowest BCUT2D eigenvalue weighted by atomic mass is 10.1. The summed E-state index contributed by atoms with van der Waals surface area (Å²) < 4.78 is 0. The lowest BCUT2D eigenvalue weighted by molar-refractivity contribution is 0.184. The summed E-state index contributed by atoms with van der Waals surface area (Å²) in [5.41, 5.74) is 5.76. The molecule has 0 bridgehead atoms. The van der Waals surface area contributed by atoms with Crippen molar-refractivity contribution in [2.24, 2.45) is 5.73 Å². The summed E-state index contributed by atoms with van der Waals surface area (Å²) in [6, 6.07) is 1.41. The summed E-state index contributed by atoms with van der Waals surface area (Å²) in [5, 5.41) is 0. The van der Waals surface area contributed by atoms with Crippen LogP contribution < -0.4 is 5.73 Å². The summed E-state index contributed by atoms with van der Waals surface area (Å²) >= 11 is 0. The third-order valence-corrected chi connectivity index (χ3v) is 2.97. The third-order valence-electron chi connectivity index (χ3n) is 2.97. The van der Waals surface area contributed by atoms with Gasteiger partial charge in [-0.15, -0.1) is 0 Å². The molecule has 2 atom stereocenters. The predicted octanol–water partition coefficient (Wildman–Crippen LogP) is 1.60. The van der Waals surface area contributed by atoms with Crippen LogP contribution >= 0.6 is 0 Å². The Balaban J connectivity index is 2.41. The average Bonchev–Trinajstić information content (AvgIpc) is 2.47. The molecule has 1 rings (SSSR count). The highest BCUT2D eigenvalue weighted by Gasteiger charge is 2.25. The van der Waals surface area contributed by atoms with E-state index in [0.29, 0.717) is 6.04 Å². The molecule has 2 unspecified atom stereocenters. The smallest absolute Gasteiger partial charge is 0.0221 e. The molecule has 0 amide bonds. The average molecular weight is 170 g/mol. The SMILES string of the molecule is CCCC(CN)N1CCCC1C. The number of nitrogens with zero attached hydrogens (tertiary/aromatic N) is 1. The van der Waals surface area contributed by atoms with Gasteiger partial charge in [-0.1, -0.05) is 13.3 Å². The van der Waals surface area contributed by atoms with E-state index in [4.69, 9.17) is 5.73 Å². The van der Waals surface area contributed by atoms with E-state index in [0.717, 1.165) is 12.6 Å². The Kier molecular flexibility index (Phi) is 4.02. The van der Waals surface area contributed by atoms with E-state index in [1.165, 1.54) is 32.2 Å². The van der Waals surface area contributed by atoms with Crippen LogP contribution in [-0.4, -0.2) is 30.1 Å². The molecule has 0 spiro atoms. The first kappa shape index (κ1) is 10.0. The van der Waals surface area contributed by atoms with Crippen LogP contribution in [0.1, 0.15) is 39.5 Å². The van der Waals surface area contributed by atoms with Crippen LogP contribution in [0.25, 0.3) is 0 Å². The predicted molar refractivity (Wildman–Crippen MR) is 53.2 cm³/mol. The molecule has 0 saturated carbocycles. The molecule has 2 N–H and O–H groups in total. The van der Waals surface area contributed by atoms with Gasteiger partial charge in [0, 0.05) is 18.6 Å². The van der Waals surface area contributed by atoms with Gasteiger partial charge < -0.3 is 5.73 Å². The maximum absolute atomic E-state index is 5.76. The fourth-order valence-electron chi connectivity index (χ4n) is 2.25. The van der Waals surface area contributed by atoms with Gasteiger partial charge in [0.25, 0.3) is 0 Å². The van der Waals surface area contributed by atoms with Crippen molar-refractivity contribution in [2.75, 3.05) is 13.1 Å². The Bertz CT molecular complexity index is 125. The largest absolute Gasteiger partial charge is 0.329 e. The maximum Gasteiger partial charge on any atom is 0.0221 e. The molecule has 0 aromatic rings. The molecule has 72 valence electrons. The van der Waals surface area contributed by atoms with Gasteiger partial charge >= 0.3 is 0 Å². The first-order chi connectivity index (χ1) is 5.79. The van der Waals surface area contributed by atoms with Crippen LogP contribution in [0, 0.1) is 0 Å². The quantitative estimate of drug-likeness (QED) is 0.694. The Labute approximate surface area is 76.1 Å². The second kappa shape index (κ2) is 4.83. The molecule has 0 aliphatic carbocycles. The van der Waals surface area contributed by atoms with Gasteiger partial charge in [0.1, 0.15) is 0 Å². The molecule has 2 heteroatoms. The van der Waals surface area contributed by atoms with Crippen LogP contribution in [-0.2, 0) is 0 Å². The van der Waals surface area contributed by atoms with Crippen molar-refractivity contribution in [1.82, 2.24) is 4.90 Å². The Hall–Kier alpha value is -0.0800. The van der Waals surface area contributed by atoms with E-state index in [-0.39, 0.29) is 0 Å². The van der Waals surface area contributed by atoms with Crippen LogP contribution in [0.2, 0.25) is 0 Å². The van der Waals surface area contributed by atoms with Gasteiger partial charge in [-0.2, -0.15) is 0 Å². The van der Waals surface area contributed by atoms with Gasteiger partial charge in [-0.3, -0.25) is 4.90 Å². The van der Waals surface area contributed by atoms with Crippen molar-refractivity contribution < 1.29 is 0 Å². The van der Waals surface area contributed by atoms with Crippen molar-refractivity contribution in [3.05, 3.63) is 0 Å². The van der Waals surface area contributed by atoms with Gasteiger partial charge in [0.2, 0.25) is 0 Å². The molecular weight excluding hydrogens is 148 g/mol. The fraction of sp³-hybridized carbons (Fsp3) is 1.00. The summed E-state index contributed by atoms with van der Waals surface area (Å²) in [6.07, 6.45) is 5.24. The molecule has 1 aliphatic heterocycles. The highest BCUT2D eigenvalue weighted by Crippen LogP contribution is 2.20. The molecule has 12 heavy (non-hydrogen) atoms. The minimum atomic E-state index is 0.646. The molecule has 1 heterocycles. The first-order valence-corrected chi connectivity index (χ1v) is 5.25. The van der Waals surface area contributed by atoms with Gasteiger partial charge in [-0.25, -0.2) is 0 Å². The zero-order valence-corrected chi connectivity index (χ0v) is 8.42. The number of hydrogen-bond acceptors (Lipinski definition) is 2. The topological polar surface area (TPSA) is 29.3 Å². The van der Waals surface area contributed by atoms with E-state index in [1.807, 2.05) is 0 Å². The van der Waals surface area contributed by atoms with Crippen LogP contribution in [0.15, 0.2) is 0 Å². The fourth-order valence-corrected chi connectivity index (χ4v) is 2.25. The lowest BCUT2D eigenvalue weighted by Gasteiger charge is -2.30. The van der Waals surface area contributed by atoms with Gasteiger partial charge in [0.15, 0.2) is 0 Å². The van der Waals surface area contributed by atoms with E-state index in [9.17, 15) is 0 Å². The van der Waals surface area contributed by atoms with Crippen molar-refractivity contribution in [1.29, 1.82) is 0 Å². The molecule has 0 radical (unpaired) electrons. The van der Waals surface area contributed by atoms with E-state index in [1.54, 1.807) is 0 Å². The number of rotatable bonds is 4. The molecule has 1 fully saturated rings. The van der Waals surface area contributed by atoms with E-state index >= 15 is 0 Å². The Morgan fingerprint density at radius 1 is 1.58 bits per heavy atom. The standard InChI is InChI=1S/C10H22N2/c1-3-5-10(8-11)12-7-4-6-9(12)2/h9-10H,3-8,11H2,1-2H3. The number of hydrogen-bond donors (Lipinski definition) is 1. The molecule has 1 saturated heterocycles. The van der Waals surface area contributed by atoms with Crippen molar-refractivity contribution in [2.45, 2.75) is 51.6 Å². The zero-order chi connectivity index (χ0) is 8.97. The molecule has 0 aromatic carbocycles. The maximum atomic E-state index is 5.76. The zero-order valence-electron chi connectivity index (χ0n) is 8.42. The van der Waals surface area contributed by atoms with E-state index in [2.05, 4.69) is 18.7 Å². The second-order valence-electron chi connectivity index (χ2n) is 3.91. The Morgan fingerprint density at radius 3 is 2.75 bits per heavy atom. The molecule has 1 aliphatic rings. The first-order valence-electron chi connectivity index (χ1n) is 5.25. The lowest BCUT2D eigenvalue weighted by Crippen LogP contribution is -2.42. The highest BCUT2D eigenvalue weighted by molar-refractivity contribution is 4.82. The van der Waals surface area contributed by atoms with Crippen molar-refractivity contribution in [3.63, 3.8) is 0 Å². The number of likely N-dealkylation sites (tertiary alicyclic amines) is 1. The summed E-state index contributed by atoms with van der Waals surface area (Å²) in [6.45, 7) is 6.66.